The van der Waals surface area contributed by atoms with E-state index in [0.29, 0.717) is 42.7 Å². The summed E-state index contributed by atoms with van der Waals surface area (Å²) in [5.41, 5.74) is 3.41. The summed E-state index contributed by atoms with van der Waals surface area (Å²) in [6.07, 6.45) is 1.27. The number of carbonyl (C=O) groups is 1. The number of hydrogen-bond donors (Lipinski definition) is 1. The van der Waals surface area contributed by atoms with Gasteiger partial charge in [-0.1, -0.05) is 49.9 Å². The number of fused-ring (bicyclic) bond motifs is 1. The molecule has 1 amide bonds. The molecule has 1 aliphatic heterocycles. The Morgan fingerprint density at radius 1 is 1.12 bits per heavy atom. The normalized spacial score (nSPS) is 13.6. The zero-order valence-corrected chi connectivity index (χ0v) is 18.4. The van der Waals surface area contributed by atoms with Crippen molar-refractivity contribution in [3.8, 4) is 11.4 Å². The third kappa shape index (κ3) is 3.80. The van der Waals surface area contributed by atoms with E-state index in [-0.39, 0.29) is 18.3 Å². The van der Waals surface area contributed by atoms with Gasteiger partial charge >= 0.3 is 0 Å². The molecule has 2 aromatic carbocycles. The van der Waals surface area contributed by atoms with E-state index in [1.165, 1.54) is 12.1 Å². The third-order valence-corrected chi connectivity index (χ3v) is 5.85. The van der Waals surface area contributed by atoms with Gasteiger partial charge in [-0.3, -0.25) is 9.69 Å². The molecule has 0 atom stereocenters. The second kappa shape index (κ2) is 8.96. The van der Waals surface area contributed by atoms with Crippen LogP contribution in [0, 0.1) is 5.82 Å². The Morgan fingerprint density at radius 3 is 2.53 bits per heavy atom. The van der Waals surface area contributed by atoms with Crippen LogP contribution in [-0.4, -0.2) is 45.7 Å². The van der Waals surface area contributed by atoms with Crippen LogP contribution in [0.25, 0.3) is 11.4 Å². The molecule has 3 aromatic rings. The predicted molar refractivity (Wildman–Crippen MR) is 123 cm³/mol. The topological polar surface area (TPSA) is 61.6 Å². The van der Waals surface area contributed by atoms with Crippen LogP contribution in [0.1, 0.15) is 35.0 Å². The molecule has 166 valence electrons. The van der Waals surface area contributed by atoms with Crippen LogP contribution in [0.4, 0.5) is 10.2 Å². The number of aliphatic hydroxyl groups excluding tert-OH is 1. The van der Waals surface area contributed by atoms with Crippen LogP contribution in [0.2, 0.25) is 0 Å². The number of aromatic nitrogens is 2. The highest BCUT2D eigenvalue weighted by Gasteiger charge is 2.37. The zero-order valence-electron chi connectivity index (χ0n) is 18.4. The van der Waals surface area contributed by atoms with E-state index in [0.717, 1.165) is 23.1 Å². The molecule has 7 heteroatoms. The second-order valence-corrected chi connectivity index (χ2v) is 7.84. The van der Waals surface area contributed by atoms with E-state index in [4.69, 9.17) is 4.98 Å². The first-order chi connectivity index (χ1) is 15.5. The Labute approximate surface area is 187 Å². The number of rotatable bonds is 7. The van der Waals surface area contributed by atoms with Crippen LogP contribution in [0.5, 0.6) is 0 Å². The number of hydrogen-bond acceptors (Lipinski definition) is 4. The van der Waals surface area contributed by atoms with Gasteiger partial charge in [-0.05, 0) is 36.1 Å². The van der Waals surface area contributed by atoms with Crippen molar-refractivity contribution in [3.63, 3.8) is 0 Å². The highest BCUT2D eigenvalue weighted by molar-refractivity contribution is 6.02. The van der Waals surface area contributed by atoms with Gasteiger partial charge in [-0.2, -0.15) is 0 Å². The molecule has 1 N–H and O–H groups in total. The summed E-state index contributed by atoms with van der Waals surface area (Å²) >= 11 is 0. The molecule has 0 saturated heterocycles. The van der Waals surface area contributed by atoms with Crippen molar-refractivity contribution in [3.05, 3.63) is 83.6 Å². The second-order valence-electron chi connectivity index (χ2n) is 7.84. The van der Waals surface area contributed by atoms with Crippen LogP contribution in [0.3, 0.4) is 0 Å². The van der Waals surface area contributed by atoms with Crippen molar-refractivity contribution < 1.29 is 14.3 Å². The van der Waals surface area contributed by atoms with Crippen molar-refractivity contribution in [2.45, 2.75) is 26.3 Å². The minimum Gasteiger partial charge on any atom is -0.396 e. The Balaban J connectivity index is 1.91. The van der Waals surface area contributed by atoms with Gasteiger partial charge in [0.1, 0.15) is 17.5 Å². The SMILES string of the molecule is C=C1N(CCCO)C(=O)c2c(nc(-c3ccccc3CC)n2Cc2ccc(F)cc2)N1C. The number of halogens is 1. The van der Waals surface area contributed by atoms with Gasteiger partial charge in [-0.15, -0.1) is 0 Å². The molecular formula is C25H27FN4O2. The summed E-state index contributed by atoms with van der Waals surface area (Å²) in [6.45, 7) is 6.88. The van der Waals surface area contributed by atoms with E-state index in [9.17, 15) is 14.3 Å². The fourth-order valence-corrected chi connectivity index (χ4v) is 4.07. The van der Waals surface area contributed by atoms with E-state index in [2.05, 4.69) is 19.6 Å². The summed E-state index contributed by atoms with van der Waals surface area (Å²) < 4.78 is 15.4. The molecule has 0 saturated carbocycles. The smallest absolute Gasteiger partial charge is 0.279 e. The summed E-state index contributed by atoms with van der Waals surface area (Å²) in [5.74, 6) is 1.25. The molecule has 4 rings (SSSR count). The van der Waals surface area contributed by atoms with Crippen LogP contribution >= 0.6 is 0 Å². The molecule has 32 heavy (non-hydrogen) atoms. The summed E-state index contributed by atoms with van der Waals surface area (Å²) in [6, 6.07) is 14.3. The fourth-order valence-electron chi connectivity index (χ4n) is 4.07. The highest BCUT2D eigenvalue weighted by Crippen LogP contribution is 2.36. The molecule has 1 aliphatic rings. The van der Waals surface area contributed by atoms with E-state index < -0.39 is 0 Å². The first-order valence-electron chi connectivity index (χ1n) is 10.7. The lowest BCUT2D eigenvalue weighted by Gasteiger charge is -2.35. The highest BCUT2D eigenvalue weighted by atomic mass is 19.1. The van der Waals surface area contributed by atoms with Gasteiger partial charge in [0.2, 0.25) is 0 Å². The number of carbonyl (C=O) groups excluding carboxylic acids is 1. The standard InChI is InChI=1S/C25H27FN4O2/c1-4-19-8-5-6-9-21(19)23-27-24-22(30(23)16-18-10-12-20(26)13-11-18)25(32)29(14-7-15-31)17(2)28(24)3/h5-6,8-13,31H,2,4,7,14-16H2,1,3H3. The largest absolute Gasteiger partial charge is 0.396 e. The lowest BCUT2D eigenvalue weighted by molar-refractivity contribution is 0.0775. The number of aliphatic hydroxyl groups is 1. The Hall–Kier alpha value is -3.45. The molecule has 6 nitrogen and oxygen atoms in total. The molecule has 0 radical (unpaired) electrons. The maximum absolute atomic E-state index is 13.6. The quantitative estimate of drug-likeness (QED) is 0.610. The average Bonchev–Trinajstić information content (AvgIpc) is 3.18. The zero-order chi connectivity index (χ0) is 22.8. The number of imidazole rings is 1. The fraction of sp³-hybridized carbons (Fsp3) is 0.280. The molecule has 2 heterocycles. The van der Waals surface area contributed by atoms with Crippen LogP contribution in [-0.2, 0) is 13.0 Å². The maximum atomic E-state index is 13.6. The number of benzene rings is 2. The molecular weight excluding hydrogens is 407 g/mol. The van der Waals surface area contributed by atoms with Crippen molar-refractivity contribution >= 4 is 11.7 Å². The number of aryl methyl sites for hydroxylation is 1. The summed E-state index contributed by atoms with van der Waals surface area (Å²) in [5, 5.41) is 9.28. The molecule has 0 fully saturated rings. The van der Waals surface area contributed by atoms with Gasteiger partial charge in [0.05, 0.1) is 0 Å². The van der Waals surface area contributed by atoms with Crippen molar-refractivity contribution in [2.24, 2.45) is 0 Å². The van der Waals surface area contributed by atoms with Gasteiger partial charge in [0, 0.05) is 32.3 Å². The van der Waals surface area contributed by atoms with Gasteiger partial charge < -0.3 is 14.6 Å². The van der Waals surface area contributed by atoms with Crippen molar-refractivity contribution in [1.82, 2.24) is 14.5 Å². The Kier molecular flexibility index (Phi) is 6.10. The van der Waals surface area contributed by atoms with Crippen LogP contribution < -0.4 is 4.90 Å². The lowest BCUT2D eigenvalue weighted by Crippen LogP contribution is -2.44. The molecule has 0 aliphatic carbocycles. The first kappa shape index (κ1) is 21.8. The molecule has 0 bridgehead atoms. The van der Waals surface area contributed by atoms with E-state index in [1.807, 2.05) is 34.7 Å². The van der Waals surface area contributed by atoms with Gasteiger partial charge in [0.25, 0.3) is 5.91 Å². The summed E-state index contributed by atoms with van der Waals surface area (Å²) in [7, 11) is 1.84. The number of nitrogens with zero attached hydrogens (tertiary/aromatic N) is 4. The minimum atomic E-state index is -0.305. The Bertz CT molecular complexity index is 1150. The Morgan fingerprint density at radius 2 is 1.84 bits per heavy atom. The van der Waals surface area contributed by atoms with Crippen LogP contribution in [0.15, 0.2) is 60.9 Å². The first-order valence-corrected chi connectivity index (χ1v) is 10.7. The van der Waals surface area contributed by atoms with E-state index in [1.54, 1.807) is 17.0 Å². The number of anilines is 1. The van der Waals surface area contributed by atoms with Gasteiger partial charge in [-0.25, -0.2) is 9.37 Å². The van der Waals surface area contributed by atoms with E-state index >= 15 is 0 Å². The summed E-state index contributed by atoms with van der Waals surface area (Å²) in [4.78, 5) is 21.9. The third-order valence-electron chi connectivity index (χ3n) is 5.85. The van der Waals surface area contributed by atoms with Gasteiger partial charge in [0.15, 0.2) is 11.5 Å². The maximum Gasteiger partial charge on any atom is 0.279 e. The molecule has 0 unspecified atom stereocenters. The monoisotopic (exact) mass is 434 g/mol. The van der Waals surface area contributed by atoms with Crippen molar-refractivity contribution in [1.29, 1.82) is 0 Å². The number of amides is 1. The average molecular weight is 435 g/mol. The lowest BCUT2D eigenvalue weighted by atomic mass is 10.0. The minimum absolute atomic E-state index is 0.0163. The predicted octanol–water partition coefficient (Wildman–Crippen LogP) is 4.05. The molecule has 0 spiro atoms. The molecule has 1 aromatic heterocycles. The van der Waals surface area contributed by atoms with Crippen molar-refractivity contribution in [2.75, 3.05) is 25.1 Å².